The van der Waals surface area contributed by atoms with Crippen LogP contribution in [-0.4, -0.2) is 12.6 Å². The molecule has 3 heteroatoms. The highest BCUT2D eigenvalue weighted by atomic mass is 16.5. The van der Waals surface area contributed by atoms with Crippen molar-refractivity contribution >= 4 is 0 Å². The second kappa shape index (κ2) is 7.32. The Balaban J connectivity index is 1.74. The van der Waals surface area contributed by atoms with E-state index in [1.54, 1.807) is 0 Å². The quantitative estimate of drug-likeness (QED) is 0.801. The van der Waals surface area contributed by atoms with Crippen LogP contribution in [0.5, 0.6) is 11.5 Å². The van der Waals surface area contributed by atoms with Crippen molar-refractivity contribution < 1.29 is 9.47 Å². The van der Waals surface area contributed by atoms with Gasteiger partial charge < -0.3 is 14.8 Å². The van der Waals surface area contributed by atoms with E-state index in [4.69, 9.17) is 9.47 Å². The SMILES string of the molecule is CCOc1cccc(CNC2CC2)c1OCc1ccccc1. The molecule has 1 saturated carbocycles. The van der Waals surface area contributed by atoms with Gasteiger partial charge in [-0.3, -0.25) is 0 Å². The number of para-hydroxylation sites is 1. The van der Waals surface area contributed by atoms with Crippen molar-refractivity contribution in [2.24, 2.45) is 0 Å². The van der Waals surface area contributed by atoms with Gasteiger partial charge in [-0.15, -0.1) is 0 Å². The van der Waals surface area contributed by atoms with Gasteiger partial charge in [0.1, 0.15) is 6.61 Å². The molecule has 0 heterocycles. The molecule has 0 bridgehead atoms. The van der Waals surface area contributed by atoms with Gasteiger partial charge in [0, 0.05) is 18.2 Å². The molecule has 3 rings (SSSR count). The molecule has 0 radical (unpaired) electrons. The molecule has 1 N–H and O–H groups in total. The summed E-state index contributed by atoms with van der Waals surface area (Å²) in [5, 5.41) is 3.55. The first-order chi connectivity index (χ1) is 10.9. The fraction of sp³-hybridized carbons (Fsp3) is 0.368. The van der Waals surface area contributed by atoms with Crippen LogP contribution in [0, 0.1) is 0 Å². The van der Waals surface area contributed by atoms with Gasteiger partial charge in [0.2, 0.25) is 0 Å². The topological polar surface area (TPSA) is 30.5 Å². The van der Waals surface area contributed by atoms with Crippen LogP contribution in [0.4, 0.5) is 0 Å². The standard InChI is InChI=1S/C19H23NO2/c1-2-21-18-10-6-9-16(13-20-17-11-12-17)19(18)22-14-15-7-4-3-5-8-15/h3-10,17,20H,2,11-14H2,1H3. The van der Waals surface area contributed by atoms with Crippen molar-refractivity contribution in [1.29, 1.82) is 0 Å². The van der Waals surface area contributed by atoms with Gasteiger partial charge in [-0.05, 0) is 31.4 Å². The predicted molar refractivity (Wildman–Crippen MR) is 88.2 cm³/mol. The monoisotopic (exact) mass is 297 g/mol. The van der Waals surface area contributed by atoms with Gasteiger partial charge in [-0.1, -0.05) is 42.5 Å². The summed E-state index contributed by atoms with van der Waals surface area (Å²) in [4.78, 5) is 0. The van der Waals surface area contributed by atoms with Crippen LogP contribution in [0.1, 0.15) is 30.9 Å². The molecule has 1 aliphatic carbocycles. The minimum Gasteiger partial charge on any atom is -0.490 e. The average Bonchev–Trinajstić information content (AvgIpc) is 3.37. The lowest BCUT2D eigenvalue weighted by Crippen LogP contribution is -2.16. The first kappa shape index (κ1) is 14.9. The van der Waals surface area contributed by atoms with Crippen LogP contribution < -0.4 is 14.8 Å². The second-order valence-electron chi connectivity index (χ2n) is 5.61. The molecule has 0 spiro atoms. The molecule has 2 aromatic carbocycles. The van der Waals surface area contributed by atoms with Gasteiger partial charge >= 0.3 is 0 Å². The van der Waals surface area contributed by atoms with Gasteiger partial charge in [0.25, 0.3) is 0 Å². The van der Waals surface area contributed by atoms with Crippen LogP contribution in [0.3, 0.4) is 0 Å². The molecule has 0 aliphatic heterocycles. The lowest BCUT2D eigenvalue weighted by atomic mass is 10.1. The van der Waals surface area contributed by atoms with E-state index in [0.717, 1.165) is 29.2 Å². The van der Waals surface area contributed by atoms with Crippen molar-refractivity contribution in [3.05, 3.63) is 59.7 Å². The van der Waals surface area contributed by atoms with Crippen molar-refractivity contribution in [3.8, 4) is 11.5 Å². The summed E-state index contributed by atoms with van der Waals surface area (Å²) in [5.74, 6) is 1.69. The summed E-state index contributed by atoms with van der Waals surface area (Å²) in [6.07, 6.45) is 2.57. The summed E-state index contributed by atoms with van der Waals surface area (Å²) in [7, 11) is 0. The lowest BCUT2D eigenvalue weighted by molar-refractivity contribution is 0.266. The molecule has 3 nitrogen and oxygen atoms in total. The molecule has 1 aliphatic rings. The van der Waals surface area contributed by atoms with Gasteiger partial charge in [-0.25, -0.2) is 0 Å². The molecule has 116 valence electrons. The summed E-state index contributed by atoms with van der Waals surface area (Å²) in [5.41, 5.74) is 2.32. The number of hydrogen-bond acceptors (Lipinski definition) is 3. The van der Waals surface area contributed by atoms with Crippen molar-refractivity contribution in [2.45, 2.75) is 39.0 Å². The van der Waals surface area contributed by atoms with E-state index in [1.807, 2.05) is 37.3 Å². The van der Waals surface area contributed by atoms with Gasteiger partial charge in [0.05, 0.1) is 6.61 Å². The Morgan fingerprint density at radius 1 is 1.00 bits per heavy atom. The lowest BCUT2D eigenvalue weighted by Gasteiger charge is -2.16. The molecule has 22 heavy (non-hydrogen) atoms. The smallest absolute Gasteiger partial charge is 0.166 e. The number of ether oxygens (including phenoxy) is 2. The van der Waals surface area contributed by atoms with Crippen LogP contribution in [0.25, 0.3) is 0 Å². The molecule has 0 unspecified atom stereocenters. The van der Waals surface area contributed by atoms with E-state index in [1.165, 1.54) is 12.8 Å². The van der Waals surface area contributed by atoms with Crippen molar-refractivity contribution in [3.63, 3.8) is 0 Å². The number of nitrogens with one attached hydrogen (secondary N) is 1. The van der Waals surface area contributed by atoms with Gasteiger partial charge in [-0.2, -0.15) is 0 Å². The Labute approximate surface area is 132 Å². The highest BCUT2D eigenvalue weighted by Crippen LogP contribution is 2.33. The Morgan fingerprint density at radius 3 is 2.55 bits per heavy atom. The summed E-state index contributed by atoms with van der Waals surface area (Å²) in [6, 6.07) is 17.0. The Bertz CT molecular complexity index is 594. The summed E-state index contributed by atoms with van der Waals surface area (Å²) < 4.78 is 11.8. The number of hydrogen-bond donors (Lipinski definition) is 1. The minimum atomic E-state index is 0.557. The molecular formula is C19H23NO2. The van der Waals surface area contributed by atoms with E-state index in [9.17, 15) is 0 Å². The normalized spacial score (nSPS) is 13.9. The van der Waals surface area contributed by atoms with E-state index >= 15 is 0 Å². The maximum Gasteiger partial charge on any atom is 0.166 e. The Hall–Kier alpha value is -2.00. The molecule has 2 aromatic rings. The summed E-state index contributed by atoms with van der Waals surface area (Å²) in [6.45, 7) is 4.02. The van der Waals surface area contributed by atoms with E-state index in [2.05, 4.69) is 23.5 Å². The number of rotatable bonds is 8. The van der Waals surface area contributed by atoms with Crippen LogP contribution >= 0.6 is 0 Å². The molecular weight excluding hydrogens is 274 g/mol. The fourth-order valence-corrected chi connectivity index (χ4v) is 2.40. The van der Waals surface area contributed by atoms with Crippen molar-refractivity contribution in [2.75, 3.05) is 6.61 Å². The van der Waals surface area contributed by atoms with Crippen LogP contribution in [0.15, 0.2) is 48.5 Å². The van der Waals surface area contributed by atoms with E-state index in [0.29, 0.717) is 19.3 Å². The highest BCUT2D eigenvalue weighted by molar-refractivity contribution is 5.46. The first-order valence-corrected chi connectivity index (χ1v) is 8.01. The van der Waals surface area contributed by atoms with E-state index < -0.39 is 0 Å². The average molecular weight is 297 g/mol. The summed E-state index contributed by atoms with van der Waals surface area (Å²) >= 11 is 0. The third kappa shape index (κ3) is 4.01. The largest absolute Gasteiger partial charge is 0.490 e. The van der Waals surface area contributed by atoms with Crippen LogP contribution in [0.2, 0.25) is 0 Å². The fourth-order valence-electron chi connectivity index (χ4n) is 2.40. The van der Waals surface area contributed by atoms with Gasteiger partial charge in [0.15, 0.2) is 11.5 Å². The predicted octanol–water partition coefficient (Wildman–Crippen LogP) is 3.92. The molecule has 0 amide bonds. The zero-order valence-corrected chi connectivity index (χ0v) is 13.0. The second-order valence-corrected chi connectivity index (χ2v) is 5.61. The van der Waals surface area contributed by atoms with Crippen LogP contribution in [-0.2, 0) is 13.2 Å². The number of benzene rings is 2. The molecule has 0 aromatic heterocycles. The Morgan fingerprint density at radius 2 is 1.82 bits per heavy atom. The van der Waals surface area contributed by atoms with E-state index in [-0.39, 0.29) is 0 Å². The molecule has 1 fully saturated rings. The Kier molecular flexibility index (Phi) is 4.96. The molecule has 0 saturated heterocycles. The zero-order valence-electron chi connectivity index (χ0n) is 13.0. The highest BCUT2D eigenvalue weighted by Gasteiger charge is 2.21. The first-order valence-electron chi connectivity index (χ1n) is 8.01. The third-order valence-corrected chi connectivity index (χ3v) is 3.74. The third-order valence-electron chi connectivity index (χ3n) is 3.74. The zero-order chi connectivity index (χ0) is 15.2. The maximum absolute atomic E-state index is 6.09. The molecule has 0 atom stereocenters. The minimum absolute atomic E-state index is 0.557. The maximum atomic E-state index is 6.09. The van der Waals surface area contributed by atoms with Crippen molar-refractivity contribution in [1.82, 2.24) is 5.32 Å².